The molecule has 0 unspecified atom stereocenters. The van der Waals surface area contributed by atoms with Gasteiger partial charge in [0.15, 0.2) is 5.79 Å². The molecule has 4 aliphatic carbocycles. The van der Waals surface area contributed by atoms with Gasteiger partial charge >= 0.3 is 0 Å². The second-order valence-electron chi connectivity index (χ2n) is 11.3. The highest BCUT2D eigenvalue weighted by molar-refractivity contribution is 5.22. The van der Waals surface area contributed by atoms with Gasteiger partial charge in [0, 0.05) is 11.8 Å². The molecule has 0 aromatic heterocycles. The summed E-state index contributed by atoms with van der Waals surface area (Å²) in [6, 6.07) is 0. The average Bonchev–Trinajstić information content (AvgIpc) is 3.12. The molecule has 1 aliphatic heterocycles. The van der Waals surface area contributed by atoms with Crippen LogP contribution in [0.25, 0.3) is 0 Å². The van der Waals surface area contributed by atoms with Crippen LogP contribution in [0.4, 0.5) is 0 Å². The standard InChI is InChI=1S/C22H36O3/c1-18(2)6-5-7-20(4)17(18)12-16(23)15-13-22(24-10-11-25-22)19(3)8-9-21(15,20)14-19/h15-17,23H,5-14H2,1-4H3/t15-,16+,17-,19-,20-,21-/m0/s1. The van der Waals surface area contributed by atoms with E-state index >= 15 is 0 Å². The van der Waals surface area contributed by atoms with Gasteiger partial charge in [-0.3, -0.25) is 0 Å². The fourth-order valence-electron chi connectivity index (χ4n) is 8.78. The Kier molecular flexibility index (Phi) is 3.29. The molecule has 0 amide bonds. The third-order valence-electron chi connectivity index (χ3n) is 10.0. The maximum Gasteiger partial charge on any atom is 0.174 e. The Balaban J connectivity index is 1.62. The van der Waals surface area contributed by atoms with Crippen molar-refractivity contribution in [3.63, 3.8) is 0 Å². The summed E-state index contributed by atoms with van der Waals surface area (Å²) in [5.41, 5.74) is 1.10. The Morgan fingerprint density at radius 2 is 1.64 bits per heavy atom. The summed E-state index contributed by atoms with van der Waals surface area (Å²) < 4.78 is 12.6. The van der Waals surface area contributed by atoms with Crippen molar-refractivity contribution >= 4 is 0 Å². The zero-order chi connectivity index (χ0) is 17.7. The Labute approximate surface area is 152 Å². The summed E-state index contributed by atoms with van der Waals surface area (Å²) in [5, 5.41) is 11.3. The first-order valence-corrected chi connectivity index (χ1v) is 10.6. The summed E-state index contributed by atoms with van der Waals surface area (Å²) in [7, 11) is 0. The minimum atomic E-state index is -0.425. The molecule has 1 N–H and O–H groups in total. The van der Waals surface area contributed by atoms with Crippen LogP contribution in [0.5, 0.6) is 0 Å². The molecule has 2 bridgehead atoms. The molecule has 0 aromatic rings. The molecular formula is C22H36O3. The van der Waals surface area contributed by atoms with Crippen LogP contribution in [0.15, 0.2) is 0 Å². The van der Waals surface area contributed by atoms with E-state index in [0.717, 1.165) is 26.1 Å². The second-order valence-corrected chi connectivity index (χ2v) is 11.3. The van der Waals surface area contributed by atoms with Crippen LogP contribution in [0.2, 0.25) is 0 Å². The van der Waals surface area contributed by atoms with Crippen molar-refractivity contribution in [2.24, 2.45) is 33.5 Å². The number of aliphatic hydroxyl groups excluding tert-OH is 1. The smallest absolute Gasteiger partial charge is 0.174 e. The normalized spacial score (nSPS) is 55.8. The highest BCUT2D eigenvalue weighted by atomic mass is 16.7. The van der Waals surface area contributed by atoms with Crippen LogP contribution in [-0.2, 0) is 9.47 Å². The minimum absolute atomic E-state index is 0.117. The minimum Gasteiger partial charge on any atom is -0.393 e. The topological polar surface area (TPSA) is 38.7 Å². The van der Waals surface area contributed by atoms with Crippen molar-refractivity contribution in [2.45, 2.75) is 91.0 Å². The SMILES string of the molecule is CC1(C)CCC[C@@]2(C)[C@H]1C[C@@H](O)[C@@H]1CC3(OCCO3)[C@@]3(C)CC[C@]12C3. The van der Waals surface area contributed by atoms with Crippen molar-refractivity contribution in [1.82, 2.24) is 0 Å². The quantitative estimate of drug-likeness (QED) is 0.699. The van der Waals surface area contributed by atoms with Gasteiger partial charge in [0.2, 0.25) is 0 Å². The van der Waals surface area contributed by atoms with Gasteiger partial charge in [-0.1, -0.05) is 34.1 Å². The summed E-state index contributed by atoms with van der Waals surface area (Å²) in [5.74, 6) is 0.560. The monoisotopic (exact) mass is 348 g/mol. The summed E-state index contributed by atoms with van der Waals surface area (Å²) in [4.78, 5) is 0. The molecule has 0 radical (unpaired) electrons. The van der Waals surface area contributed by atoms with Gasteiger partial charge in [-0.25, -0.2) is 0 Å². The molecule has 6 atom stereocenters. The average molecular weight is 349 g/mol. The lowest BCUT2D eigenvalue weighted by Crippen LogP contribution is -2.66. The Bertz CT molecular complexity index is 580. The second kappa shape index (κ2) is 4.83. The number of fused-ring (bicyclic) bond motifs is 3. The van der Waals surface area contributed by atoms with Crippen LogP contribution in [0.1, 0.15) is 79.1 Å². The van der Waals surface area contributed by atoms with Crippen molar-refractivity contribution < 1.29 is 14.6 Å². The maximum atomic E-state index is 11.3. The number of aliphatic hydroxyl groups is 1. The van der Waals surface area contributed by atoms with E-state index in [1.165, 1.54) is 38.5 Å². The van der Waals surface area contributed by atoms with Gasteiger partial charge in [0.05, 0.1) is 19.3 Å². The molecule has 3 nitrogen and oxygen atoms in total. The first kappa shape index (κ1) is 17.0. The van der Waals surface area contributed by atoms with E-state index in [4.69, 9.17) is 9.47 Å². The van der Waals surface area contributed by atoms with Gasteiger partial charge < -0.3 is 14.6 Å². The number of ether oxygens (including phenoxy) is 2. The maximum absolute atomic E-state index is 11.3. The molecule has 2 spiro atoms. The third-order valence-corrected chi connectivity index (χ3v) is 10.0. The Morgan fingerprint density at radius 1 is 0.920 bits per heavy atom. The van der Waals surface area contributed by atoms with Crippen molar-refractivity contribution in [1.29, 1.82) is 0 Å². The van der Waals surface area contributed by atoms with E-state index in [-0.39, 0.29) is 16.9 Å². The van der Waals surface area contributed by atoms with Crippen LogP contribution in [-0.4, -0.2) is 30.2 Å². The number of hydrogen-bond donors (Lipinski definition) is 1. The van der Waals surface area contributed by atoms with Crippen LogP contribution >= 0.6 is 0 Å². The molecule has 1 heterocycles. The zero-order valence-corrected chi connectivity index (χ0v) is 16.6. The fraction of sp³-hybridized carbons (Fsp3) is 1.00. The summed E-state index contributed by atoms with van der Waals surface area (Å²) in [6.45, 7) is 11.4. The fourth-order valence-corrected chi connectivity index (χ4v) is 8.78. The van der Waals surface area contributed by atoms with E-state index in [0.29, 0.717) is 22.7 Å². The zero-order valence-electron chi connectivity index (χ0n) is 16.6. The molecule has 1 saturated heterocycles. The summed E-state index contributed by atoms with van der Waals surface area (Å²) in [6.07, 6.45) is 9.33. The molecule has 5 fully saturated rings. The predicted octanol–water partition coefficient (Wildman–Crippen LogP) is 4.52. The number of hydrogen-bond acceptors (Lipinski definition) is 3. The van der Waals surface area contributed by atoms with Crippen molar-refractivity contribution in [3.8, 4) is 0 Å². The van der Waals surface area contributed by atoms with E-state index in [1.54, 1.807) is 0 Å². The van der Waals surface area contributed by atoms with Crippen LogP contribution in [0.3, 0.4) is 0 Å². The predicted molar refractivity (Wildman–Crippen MR) is 97.0 cm³/mol. The first-order chi connectivity index (χ1) is 11.7. The molecule has 142 valence electrons. The Hall–Kier alpha value is -0.120. The third kappa shape index (κ3) is 1.84. The highest BCUT2D eigenvalue weighted by Gasteiger charge is 2.75. The molecule has 5 rings (SSSR count). The van der Waals surface area contributed by atoms with E-state index in [2.05, 4.69) is 27.7 Å². The van der Waals surface area contributed by atoms with Crippen molar-refractivity contribution in [3.05, 3.63) is 0 Å². The Morgan fingerprint density at radius 3 is 2.36 bits per heavy atom. The summed E-state index contributed by atoms with van der Waals surface area (Å²) >= 11 is 0. The van der Waals surface area contributed by atoms with Gasteiger partial charge in [0.1, 0.15) is 0 Å². The van der Waals surface area contributed by atoms with Crippen LogP contribution in [0, 0.1) is 33.5 Å². The molecule has 0 aromatic carbocycles. The van der Waals surface area contributed by atoms with E-state index in [1.807, 2.05) is 0 Å². The van der Waals surface area contributed by atoms with Gasteiger partial charge in [-0.2, -0.15) is 0 Å². The molecule has 25 heavy (non-hydrogen) atoms. The van der Waals surface area contributed by atoms with Gasteiger partial charge in [0.25, 0.3) is 0 Å². The molecule has 5 aliphatic rings. The highest BCUT2D eigenvalue weighted by Crippen LogP contribution is 2.78. The van der Waals surface area contributed by atoms with Crippen LogP contribution < -0.4 is 0 Å². The lowest BCUT2D eigenvalue weighted by Gasteiger charge is -2.68. The van der Waals surface area contributed by atoms with Gasteiger partial charge in [-0.15, -0.1) is 0 Å². The van der Waals surface area contributed by atoms with Crippen molar-refractivity contribution in [2.75, 3.05) is 13.2 Å². The lowest BCUT2D eigenvalue weighted by molar-refractivity contribution is -0.301. The largest absolute Gasteiger partial charge is 0.393 e. The number of rotatable bonds is 0. The van der Waals surface area contributed by atoms with E-state index in [9.17, 15) is 5.11 Å². The lowest BCUT2D eigenvalue weighted by atomic mass is 9.37. The molecular weight excluding hydrogens is 312 g/mol. The van der Waals surface area contributed by atoms with E-state index < -0.39 is 5.79 Å². The molecule has 4 saturated carbocycles. The van der Waals surface area contributed by atoms with Gasteiger partial charge in [-0.05, 0) is 66.6 Å². The molecule has 3 heteroatoms. The first-order valence-electron chi connectivity index (χ1n) is 10.6.